The molecule has 200 valence electrons. The Morgan fingerprint density at radius 3 is 2.72 bits per heavy atom. The molecule has 5 rings (SSSR count). The van der Waals surface area contributed by atoms with E-state index in [4.69, 9.17) is 19.3 Å². The van der Waals surface area contributed by atoms with Crippen LogP contribution in [0.25, 0.3) is 21.2 Å². The number of fused-ring (bicyclic) bond motifs is 1. The first kappa shape index (κ1) is 26.7. The SMILES string of the molecule is CC#C[C@H](CC(=O)O)c1ccc(OCc2ccc3scc(-c4ccc(OC5CCOCC5)cc4C)c3c2)nc1. The topological polar surface area (TPSA) is 77.9 Å². The molecule has 4 aromatic rings. The van der Waals surface area contributed by atoms with E-state index in [1.165, 1.54) is 26.8 Å². The Kier molecular flexibility index (Phi) is 8.45. The van der Waals surface area contributed by atoms with Crippen molar-refractivity contribution in [3.63, 3.8) is 0 Å². The first-order valence-corrected chi connectivity index (χ1v) is 14.0. The van der Waals surface area contributed by atoms with Crippen LogP contribution in [0, 0.1) is 18.8 Å². The lowest BCUT2D eigenvalue weighted by Crippen LogP contribution is -2.25. The number of benzene rings is 2. The minimum Gasteiger partial charge on any atom is -0.490 e. The minimum absolute atomic E-state index is 0.0586. The van der Waals surface area contributed by atoms with E-state index in [0.717, 1.165) is 42.9 Å². The Morgan fingerprint density at radius 2 is 2.00 bits per heavy atom. The molecule has 0 radical (unpaired) electrons. The zero-order valence-corrected chi connectivity index (χ0v) is 22.9. The van der Waals surface area contributed by atoms with Crippen molar-refractivity contribution >= 4 is 27.4 Å². The number of rotatable bonds is 9. The van der Waals surface area contributed by atoms with Gasteiger partial charge in [-0.2, -0.15) is 0 Å². The number of ether oxygens (including phenoxy) is 3. The standard InChI is InChI=1S/C32H31NO5S/c1-3-4-23(17-32(34)35)24-6-10-31(33-18-24)37-19-22-5-9-30-28(16-22)29(20-39-30)27-8-7-26(15-21(27)2)38-25-11-13-36-14-12-25/h5-10,15-16,18,20,23,25H,11-14,17,19H2,1-2H3,(H,34,35)/t23-/m1/s1. The normalized spacial score (nSPS) is 14.4. The summed E-state index contributed by atoms with van der Waals surface area (Å²) in [7, 11) is 0. The average Bonchev–Trinajstić information content (AvgIpc) is 3.35. The number of hydrogen-bond acceptors (Lipinski definition) is 6. The maximum absolute atomic E-state index is 11.2. The third-order valence-corrected chi connectivity index (χ3v) is 7.81. The van der Waals surface area contributed by atoms with Crippen LogP contribution in [0.1, 0.15) is 48.8 Å². The number of carboxylic acids is 1. The number of aryl methyl sites for hydroxylation is 1. The molecular formula is C32H31NO5S. The molecule has 0 aliphatic carbocycles. The van der Waals surface area contributed by atoms with Gasteiger partial charge < -0.3 is 19.3 Å². The lowest BCUT2D eigenvalue weighted by molar-refractivity contribution is -0.137. The van der Waals surface area contributed by atoms with Gasteiger partial charge in [0.15, 0.2) is 0 Å². The maximum Gasteiger partial charge on any atom is 0.304 e. The Labute approximate surface area is 232 Å². The molecule has 1 N–H and O–H groups in total. The van der Waals surface area contributed by atoms with Gasteiger partial charge in [0, 0.05) is 40.8 Å². The molecule has 1 atom stereocenters. The highest BCUT2D eigenvalue weighted by molar-refractivity contribution is 7.17. The average molecular weight is 542 g/mol. The van der Waals surface area contributed by atoms with Crippen molar-refractivity contribution in [1.82, 2.24) is 4.98 Å². The van der Waals surface area contributed by atoms with Crippen LogP contribution in [0.5, 0.6) is 11.6 Å². The highest BCUT2D eigenvalue weighted by atomic mass is 32.1. The summed E-state index contributed by atoms with van der Waals surface area (Å²) < 4.78 is 18.8. The number of carbonyl (C=O) groups is 1. The number of nitrogens with zero attached hydrogens (tertiary/aromatic N) is 1. The smallest absolute Gasteiger partial charge is 0.304 e. The van der Waals surface area contributed by atoms with Crippen LogP contribution in [0.15, 0.2) is 60.1 Å². The summed E-state index contributed by atoms with van der Waals surface area (Å²) >= 11 is 1.73. The van der Waals surface area contributed by atoms with E-state index < -0.39 is 5.97 Å². The molecule has 7 heteroatoms. The van der Waals surface area contributed by atoms with Gasteiger partial charge in [0.25, 0.3) is 0 Å². The molecule has 0 unspecified atom stereocenters. The monoisotopic (exact) mass is 541 g/mol. The summed E-state index contributed by atoms with van der Waals surface area (Å²) in [5.41, 5.74) is 5.39. The summed E-state index contributed by atoms with van der Waals surface area (Å²) in [4.78, 5) is 15.5. The van der Waals surface area contributed by atoms with Crippen LogP contribution in [0.4, 0.5) is 0 Å². The molecule has 2 aromatic heterocycles. The molecule has 1 aliphatic heterocycles. The molecule has 6 nitrogen and oxygen atoms in total. The third-order valence-electron chi connectivity index (χ3n) is 6.84. The molecule has 2 aromatic carbocycles. The summed E-state index contributed by atoms with van der Waals surface area (Å²) in [5.74, 6) is 5.86. The van der Waals surface area contributed by atoms with Gasteiger partial charge in [-0.3, -0.25) is 4.79 Å². The van der Waals surface area contributed by atoms with Gasteiger partial charge >= 0.3 is 5.97 Å². The van der Waals surface area contributed by atoms with Crippen LogP contribution < -0.4 is 9.47 Å². The van der Waals surface area contributed by atoms with Crippen LogP contribution in [0.2, 0.25) is 0 Å². The summed E-state index contributed by atoms with van der Waals surface area (Å²) in [5, 5.41) is 12.6. The molecule has 0 saturated carbocycles. The number of aromatic nitrogens is 1. The third kappa shape index (κ3) is 6.59. The second kappa shape index (κ2) is 12.3. The number of pyridine rings is 1. The molecule has 0 bridgehead atoms. The highest BCUT2D eigenvalue weighted by Gasteiger charge is 2.17. The lowest BCUT2D eigenvalue weighted by atomic mass is 9.98. The number of thiophene rings is 1. The van der Waals surface area contributed by atoms with E-state index >= 15 is 0 Å². The number of hydrogen-bond donors (Lipinski definition) is 1. The Balaban J connectivity index is 1.29. The van der Waals surface area contributed by atoms with E-state index in [1.54, 1.807) is 30.5 Å². The fourth-order valence-electron chi connectivity index (χ4n) is 4.81. The van der Waals surface area contributed by atoms with Crippen molar-refractivity contribution in [2.45, 2.75) is 51.7 Å². The molecular weight excluding hydrogens is 510 g/mol. The molecule has 3 heterocycles. The van der Waals surface area contributed by atoms with Crippen LogP contribution in [-0.4, -0.2) is 35.4 Å². The zero-order valence-electron chi connectivity index (χ0n) is 22.1. The molecule has 0 amide bonds. The second-order valence-corrected chi connectivity index (χ2v) is 10.6. The second-order valence-electron chi connectivity index (χ2n) is 9.65. The molecule has 1 fully saturated rings. The molecule has 1 saturated heterocycles. The van der Waals surface area contributed by atoms with Gasteiger partial charge in [0.2, 0.25) is 5.88 Å². The van der Waals surface area contributed by atoms with Gasteiger partial charge in [0.05, 0.1) is 25.6 Å². The summed E-state index contributed by atoms with van der Waals surface area (Å²) in [6.45, 7) is 5.73. The molecule has 0 spiro atoms. The van der Waals surface area contributed by atoms with Crippen LogP contribution in [0.3, 0.4) is 0 Å². The highest BCUT2D eigenvalue weighted by Crippen LogP contribution is 2.37. The van der Waals surface area contributed by atoms with E-state index in [-0.39, 0.29) is 18.4 Å². The maximum atomic E-state index is 11.2. The van der Waals surface area contributed by atoms with Crippen molar-refractivity contribution in [1.29, 1.82) is 0 Å². The van der Waals surface area contributed by atoms with E-state index in [1.807, 2.05) is 6.07 Å². The molecule has 1 aliphatic rings. The van der Waals surface area contributed by atoms with Gasteiger partial charge in [-0.15, -0.1) is 17.3 Å². The first-order chi connectivity index (χ1) is 19.0. The van der Waals surface area contributed by atoms with Gasteiger partial charge in [-0.25, -0.2) is 4.98 Å². The summed E-state index contributed by atoms with van der Waals surface area (Å²) in [6.07, 6.45) is 3.66. The Morgan fingerprint density at radius 1 is 1.15 bits per heavy atom. The van der Waals surface area contributed by atoms with Gasteiger partial charge in [-0.05, 0) is 65.7 Å². The van der Waals surface area contributed by atoms with E-state index in [9.17, 15) is 4.79 Å². The van der Waals surface area contributed by atoms with Crippen molar-refractivity contribution in [2.75, 3.05) is 13.2 Å². The Bertz CT molecular complexity index is 1510. The zero-order chi connectivity index (χ0) is 27.2. The Hall–Kier alpha value is -3.86. The van der Waals surface area contributed by atoms with Gasteiger partial charge in [-0.1, -0.05) is 24.1 Å². The van der Waals surface area contributed by atoms with Crippen molar-refractivity contribution < 1.29 is 24.1 Å². The predicted octanol–water partition coefficient (Wildman–Crippen LogP) is 6.99. The lowest BCUT2D eigenvalue weighted by Gasteiger charge is -2.23. The van der Waals surface area contributed by atoms with E-state index in [0.29, 0.717) is 12.5 Å². The number of carboxylic acid groups (broad SMARTS) is 1. The van der Waals surface area contributed by atoms with Gasteiger partial charge in [0.1, 0.15) is 18.5 Å². The largest absolute Gasteiger partial charge is 0.490 e. The first-order valence-electron chi connectivity index (χ1n) is 13.1. The van der Waals surface area contributed by atoms with Crippen LogP contribution >= 0.6 is 11.3 Å². The summed E-state index contributed by atoms with van der Waals surface area (Å²) in [6, 6.07) is 16.3. The minimum atomic E-state index is -0.888. The van der Waals surface area contributed by atoms with Crippen molar-refractivity contribution in [3.8, 4) is 34.6 Å². The quantitative estimate of drug-likeness (QED) is 0.230. The fourth-order valence-corrected chi connectivity index (χ4v) is 5.76. The molecule has 39 heavy (non-hydrogen) atoms. The fraction of sp³-hybridized carbons (Fsp3) is 0.312. The number of aliphatic carboxylic acids is 1. The van der Waals surface area contributed by atoms with Crippen LogP contribution in [-0.2, 0) is 16.1 Å². The predicted molar refractivity (Wildman–Crippen MR) is 153 cm³/mol. The van der Waals surface area contributed by atoms with Crippen molar-refractivity contribution in [2.24, 2.45) is 0 Å². The van der Waals surface area contributed by atoms with Crippen molar-refractivity contribution in [3.05, 3.63) is 76.8 Å². The van der Waals surface area contributed by atoms with E-state index in [2.05, 4.69) is 65.5 Å².